The number of rotatable bonds is 7. The van der Waals surface area contributed by atoms with Gasteiger partial charge in [-0.15, -0.1) is 0 Å². The van der Waals surface area contributed by atoms with Gasteiger partial charge in [0.1, 0.15) is 0 Å². The van der Waals surface area contributed by atoms with E-state index in [0.29, 0.717) is 19.6 Å². The molecule has 1 aliphatic heterocycles. The van der Waals surface area contributed by atoms with Crippen LogP contribution in [0, 0.1) is 0 Å². The van der Waals surface area contributed by atoms with E-state index < -0.39 is 36.6 Å². The molecule has 0 radical (unpaired) electrons. The lowest BCUT2D eigenvalue weighted by atomic mass is 10.2. The van der Waals surface area contributed by atoms with Crippen molar-refractivity contribution in [3.63, 3.8) is 0 Å². The van der Waals surface area contributed by atoms with Crippen molar-refractivity contribution < 1.29 is 26.4 Å². The molecule has 1 saturated heterocycles. The van der Waals surface area contributed by atoms with E-state index in [4.69, 9.17) is 16.3 Å². The Morgan fingerprint density at radius 3 is 2.72 bits per heavy atom. The van der Waals surface area contributed by atoms with Gasteiger partial charge in [-0.3, -0.25) is 4.79 Å². The van der Waals surface area contributed by atoms with Gasteiger partial charge in [0.2, 0.25) is 0 Å². The number of methoxy groups -OCH3 is 1. The molecule has 1 aromatic carbocycles. The first-order valence-corrected chi connectivity index (χ1v) is 11.4. The quantitative estimate of drug-likeness (QED) is 0.675. The Morgan fingerprint density at radius 1 is 1.40 bits per heavy atom. The Morgan fingerprint density at radius 2 is 2.12 bits per heavy atom. The molecule has 1 atom stereocenters. The SMILES string of the molecule is COCCCNC(=O)c1cc(S(=O)(=O)C2CCS(=O)(=O)C2)ccc1Cl. The number of amides is 1. The Labute approximate surface area is 152 Å². The average Bonchev–Trinajstić information content (AvgIpc) is 2.92. The molecule has 7 nitrogen and oxygen atoms in total. The fourth-order valence-corrected chi connectivity index (χ4v) is 7.15. The molecular weight excluding hydrogens is 390 g/mol. The van der Waals surface area contributed by atoms with Gasteiger partial charge in [-0.2, -0.15) is 0 Å². The van der Waals surface area contributed by atoms with Gasteiger partial charge in [0, 0.05) is 20.3 Å². The summed E-state index contributed by atoms with van der Waals surface area (Å²) in [5, 5.41) is 1.78. The topological polar surface area (TPSA) is 107 Å². The van der Waals surface area contributed by atoms with Crippen molar-refractivity contribution in [2.24, 2.45) is 0 Å². The Balaban J connectivity index is 2.22. The molecule has 140 valence electrons. The molecule has 1 N–H and O–H groups in total. The summed E-state index contributed by atoms with van der Waals surface area (Å²) in [6.07, 6.45) is 0.670. The molecule has 0 aromatic heterocycles. The minimum atomic E-state index is -3.85. The predicted molar refractivity (Wildman–Crippen MR) is 94.5 cm³/mol. The van der Waals surface area contributed by atoms with Gasteiger partial charge < -0.3 is 10.1 Å². The third kappa shape index (κ3) is 4.93. The second-order valence-electron chi connectivity index (χ2n) is 5.81. The van der Waals surface area contributed by atoms with Gasteiger partial charge in [0.15, 0.2) is 19.7 Å². The zero-order chi connectivity index (χ0) is 18.7. The summed E-state index contributed by atoms with van der Waals surface area (Å²) in [6.45, 7) is 0.847. The molecule has 2 rings (SSSR count). The summed E-state index contributed by atoms with van der Waals surface area (Å²) in [6, 6.07) is 3.83. The van der Waals surface area contributed by atoms with Crippen LogP contribution in [0.2, 0.25) is 5.02 Å². The van der Waals surface area contributed by atoms with Crippen molar-refractivity contribution >= 4 is 37.2 Å². The highest BCUT2D eigenvalue weighted by Crippen LogP contribution is 2.28. The molecule has 1 heterocycles. The fraction of sp³-hybridized carbons (Fsp3) is 0.533. The van der Waals surface area contributed by atoms with E-state index in [1.165, 1.54) is 18.2 Å². The van der Waals surface area contributed by atoms with Crippen molar-refractivity contribution in [3.05, 3.63) is 28.8 Å². The van der Waals surface area contributed by atoms with E-state index in [1.807, 2.05) is 0 Å². The van der Waals surface area contributed by atoms with Crippen LogP contribution in [-0.2, 0) is 24.4 Å². The lowest BCUT2D eigenvalue weighted by molar-refractivity contribution is 0.0948. The van der Waals surface area contributed by atoms with Crippen LogP contribution in [0.3, 0.4) is 0 Å². The molecule has 1 aromatic rings. The molecule has 0 saturated carbocycles. The van der Waals surface area contributed by atoms with Crippen LogP contribution < -0.4 is 5.32 Å². The van der Waals surface area contributed by atoms with Crippen molar-refractivity contribution in [1.29, 1.82) is 0 Å². The van der Waals surface area contributed by atoms with E-state index in [9.17, 15) is 21.6 Å². The molecule has 10 heteroatoms. The van der Waals surface area contributed by atoms with Crippen LogP contribution in [0.4, 0.5) is 0 Å². The summed E-state index contributed by atoms with van der Waals surface area (Å²) in [5.74, 6) is -1.02. The molecular formula is C15H20ClNO6S2. The molecule has 1 aliphatic rings. The molecule has 0 aliphatic carbocycles. The summed E-state index contributed by atoms with van der Waals surface area (Å²) >= 11 is 6.01. The van der Waals surface area contributed by atoms with Crippen LogP contribution in [0.5, 0.6) is 0 Å². The predicted octanol–water partition coefficient (Wildman–Crippen LogP) is 1.07. The van der Waals surface area contributed by atoms with Crippen LogP contribution in [0.15, 0.2) is 23.1 Å². The number of hydrogen-bond acceptors (Lipinski definition) is 6. The Kier molecular flexibility index (Phi) is 6.47. The van der Waals surface area contributed by atoms with Gasteiger partial charge in [-0.25, -0.2) is 16.8 Å². The van der Waals surface area contributed by atoms with Gasteiger partial charge in [0.05, 0.1) is 32.2 Å². The number of hydrogen-bond donors (Lipinski definition) is 1. The highest BCUT2D eigenvalue weighted by Gasteiger charge is 2.38. The van der Waals surface area contributed by atoms with E-state index >= 15 is 0 Å². The molecule has 0 bridgehead atoms. The lowest BCUT2D eigenvalue weighted by Crippen LogP contribution is -2.26. The smallest absolute Gasteiger partial charge is 0.252 e. The maximum Gasteiger partial charge on any atom is 0.252 e. The number of ether oxygens (including phenoxy) is 1. The number of benzene rings is 1. The summed E-state index contributed by atoms with van der Waals surface area (Å²) in [5.41, 5.74) is 0.0426. The first-order chi connectivity index (χ1) is 11.7. The van der Waals surface area contributed by atoms with Crippen molar-refractivity contribution in [3.8, 4) is 0 Å². The lowest BCUT2D eigenvalue weighted by Gasteiger charge is -2.12. The van der Waals surface area contributed by atoms with Crippen LogP contribution in [0.1, 0.15) is 23.2 Å². The molecule has 1 fully saturated rings. The number of nitrogens with one attached hydrogen (secondary N) is 1. The minimum absolute atomic E-state index is 0.0426. The van der Waals surface area contributed by atoms with Crippen LogP contribution >= 0.6 is 11.6 Å². The zero-order valence-corrected chi connectivity index (χ0v) is 16.1. The molecule has 25 heavy (non-hydrogen) atoms. The average molecular weight is 410 g/mol. The zero-order valence-electron chi connectivity index (χ0n) is 13.7. The third-order valence-electron chi connectivity index (χ3n) is 3.95. The Hall–Kier alpha value is -1.16. The maximum absolute atomic E-state index is 12.7. The normalized spacial score (nSPS) is 19.7. The highest BCUT2D eigenvalue weighted by molar-refractivity contribution is 7.96. The van der Waals surface area contributed by atoms with Crippen molar-refractivity contribution in [2.75, 3.05) is 31.8 Å². The van der Waals surface area contributed by atoms with E-state index in [1.54, 1.807) is 7.11 Å². The summed E-state index contributed by atoms with van der Waals surface area (Å²) in [7, 11) is -5.63. The van der Waals surface area contributed by atoms with E-state index in [-0.39, 0.29) is 27.7 Å². The summed E-state index contributed by atoms with van der Waals surface area (Å²) in [4.78, 5) is 12.1. The first-order valence-electron chi connectivity index (χ1n) is 7.68. The van der Waals surface area contributed by atoms with Gasteiger partial charge >= 0.3 is 0 Å². The fourth-order valence-electron chi connectivity index (χ4n) is 2.57. The third-order valence-corrected chi connectivity index (χ3v) is 8.45. The number of carbonyl (C=O) groups excluding carboxylic acids is 1. The van der Waals surface area contributed by atoms with Gasteiger partial charge in [-0.1, -0.05) is 11.6 Å². The number of halogens is 1. The van der Waals surface area contributed by atoms with Crippen LogP contribution in [-0.4, -0.2) is 59.8 Å². The monoisotopic (exact) mass is 409 g/mol. The van der Waals surface area contributed by atoms with E-state index in [2.05, 4.69) is 5.32 Å². The van der Waals surface area contributed by atoms with Crippen LogP contribution in [0.25, 0.3) is 0 Å². The van der Waals surface area contributed by atoms with Gasteiger partial charge in [0.25, 0.3) is 5.91 Å². The highest BCUT2D eigenvalue weighted by atomic mass is 35.5. The molecule has 1 amide bonds. The van der Waals surface area contributed by atoms with E-state index in [0.717, 1.165) is 0 Å². The molecule has 1 unspecified atom stereocenters. The minimum Gasteiger partial charge on any atom is -0.385 e. The number of carbonyl (C=O) groups is 1. The van der Waals surface area contributed by atoms with Gasteiger partial charge in [-0.05, 0) is 31.0 Å². The largest absolute Gasteiger partial charge is 0.385 e. The standard InChI is InChI=1S/C15H20ClNO6S2/c1-23-7-2-6-17-15(18)13-9-11(3-4-14(13)16)25(21,22)12-5-8-24(19,20)10-12/h3-4,9,12H,2,5-8,10H2,1H3,(H,17,18). The molecule has 0 spiro atoms. The summed E-state index contributed by atoms with van der Waals surface area (Å²) < 4.78 is 53.3. The Bertz CT molecular complexity index is 851. The van der Waals surface area contributed by atoms with Crippen molar-refractivity contribution in [2.45, 2.75) is 23.0 Å². The second kappa shape index (κ2) is 8.03. The van der Waals surface area contributed by atoms with Crippen molar-refractivity contribution in [1.82, 2.24) is 5.32 Å². The number of sulfone groups is 2. The maximum atomic E-state index is 12.7. The second-order valence-corrected chi connectivity index (χ2v) is 10.7. The first kappa shape index (κ1) is 20.2.